The largest absolute Gasteiger partial charge is 0.481 e. The van der Waals surface area contributed by atoms with Crippen molar-refractivity contribution in [1.29, 1.82) is 0 Å². The van der Waals surface area contributed by atoms with E-state index in [4.69, 9.17) is 33.7 Å². The van der Waals surface area contributed by atoms with Gasteiger partial charge in [0.05, 0.1) is 15.7 Å². The number of anilines is 1. The highest BCUT2D eigenvalue weighted by molar-refractivity contribution is 6.37. The van der Waals surface area contributed by atoms with Gasteiger partial charge < -0.3 is 10.5 Å². The zero-order valence-corrected chi connectivity index (χ0v) is 12.5. The Labute approximate surface area is 130 Å². The summed E-state index contributed by atoms with van der Waals surface area (Å²) in [5.41, 5.74) is 6.33. The minimum atomic E-state index is -0.367. The van der Waals surface area contributed by atoms with E-state index in [0.717, 1.165) is 5.69 Å². The van der Waals surface area contributed by atoms with E-state index in [9.17, 15) is 0 Å². The fraction of sp³-hybridized carbons (Fsp3) is 0.154. The lowest BCUT2D eigenvalue weighted by Crippen LogP contribution is -2.10. The molecule has 0 saturated heterocycles. The van der Waals surface area contributed by atoms with Crippen molar-refractivity contribution in [3.05, 3.63) is 46.2 Å². The highest BCUT2D eigenvalue weighted by atomic mass is 35.5. The molecule has 0 amide bonds. The van der Waals surface area contributed by atoms with E-state index < -0.39 is 0 Å². The molecule has 21 heavy (non-hydrogen) atoms. The highest BCUT2D eigenvalue weighted by Crippen LogP contribution is 2.35. The van der Waals surface area contributed by atoms with Crippen LogP contribution >= 0.6 is 23.2 Å². The van der Waals surface area contributed by atoms with Gasteiger partial charge in [0.25, 0.3) is 5.78 Å². The maximum Gasteiger partial charge on any atom is 0.254 e. The lowest BCUT2D eigenvalue weighted by Gasteiger charge is -2.17. The van der Waals surface area contributed by atoms with Crippen molar-refractivity contribution in [2.75, 3.05) is 5.73 Å². The van der Waals surface area contributed by atoms with Crippen molar-refractivity contribution in [3.63, 3.8) is 0 Å². The number of halogens is 2. The second kappa shape index (κ2) is 5.38. The van der Waals surface area contributed by atoms with Crippen LogP contribution in [0.3, 0.4) is 0 Å². The maximum absolute atomic E-state index is 6.11. The number of ether oxygens (including phenoxy) is 1. The van der Waals surface area contributed by atoms with Gasteiger partial charge >= 0.3 is 0 Å². The molecular formula is C13H11Cl2N5O. The lowest BCUT2D eigenvalue weighted by atomic mass is 10.2. The SMILES string of the molecule is C[C@@H](Oc1c(Cl)cccc1Cl)c1ccnc2nc(N)nn12. The Morgan fingerprint density at radius 2 is 1.95 bits per heavy atom. The van der Waals surface area contributed by atoms with Gasteiger partial charge in [-0.1, -0.05) is 29.3 Å². The van der Waals surface area contributed by atoms with E-state index >= 15 is 0 Å². The van der Waals surface area contributed by atoms with E-state index in [1.54, 1.807) is 30.5 Å². The number of nitrogen functional groups attached to an aromatic ring is 1. The first-order valence-electron chi connectivity index (χ1n) is 6.14. The first-order valence-corrected chi connectivity index (χ1v) is 6.89. The molecule has 0 bridgehead atoms. The second-order valence-electron chi connectivity index (χ2n) is 4.36. The van der Waals surface area contributed by atoms with Crippen molar-refractivity contribution in [2.45, 2.75) is 13.0 Å². The summed E-state index contributed by atoms with van der Waals surface area (Å²) in [5, 5.41) is 4.98. The first kappa shape index (κ1) is 13.9. The van der Waals surface area contributed by atoms with E-state index in [1.807, 2.05) is 6.92 Å². The Hall–Kier alpha value is -2.05. The van der Waals surface area contributed by atoms with Gasteiger partial charge in [0.2, 0.25) is 5.95 Å². The molecule has 2 heterocycles. The molecule has 0 spiro atoms. The van der Waals surface area contributed by atoms with Crippen LogP contribution in [-0.2, 0) is 0 Å². The molecule has 0 aliphatic rings. The molecule has 2 N–H and O–H groups in total. The number of benzene rings is 1. The summed E-state index contributed by atoms with van der Waals surface area (Å²) in [6.45, 7) is 1.85. The number of para-hydroxylation sites is 1. The average Bonchev–Trinajstić information content (AvgIpc) is 2.82. The number of rotatable bonds is 3. The quantitative estimate of drug-likeness (QED) is 0.801. The summed E-state index contributed by atoms with van der Waals surface area (Å²) >= 11 is 12.2. The van der Waals surface area contributed by atoms with Crippen molar-refractivity contribution in [2.24, 2.45) is 0 Å². The minimum Gasteiger partial charge on any atom is -0.481 e. The normalized spacial score (nSPS) is 12.5. The molecule has 108 valence electrons. The Bertz CT molecular complexity index is 784. The molecule has 0 radical (unpaired) electrons. The standard InChI is InChI=1S/C13H11Cl2N5O/c1-7(21-11-8(14)3-2-4-9(11)15)10-5-6-17-13-18-12(16)19-20(10)13/h2-7H,1H3,(H2,16,19)/t7-/m1/s1. The van der Waals surface area contributed by atoms with Crippen molar-refractivity contribution >= 4 is 34.9 Å². The van der Waals surface area contributed by atoms with Gasteiger partial charge in [0.15, 0.2) is 5.75 Å². The van der Waals surface area contributed by atoms with Crippen LogP contribution in [0.1, 0.15) is 18.7 Å². The summed E-state index contributed by atoms with van der Waals surface area (Å²) in [7, 11) is 0. The fourth-order valence-electron chi connectivity index (χ4n) is 1.97. The molecule has 1 atom stereocenters. The van der Waals surface area contributed by atoms with Gasteiger partial charge in [-0.15, -0.1) is 5.10 Å². The monoisotopic (exact) mass is 323 g/mol. The zero-order chi connectivity index (χ0) is 15.0. The second-order valence-corrected chi connectivity index (χ2v) is 5.18. The van der Waals surface area contributed by atoms with E-state index in [2.05, 4.69) is 15.1 Å². The summed E-state index contributed by atoms with van der Waals surface area (Å²) in [6, 6.07) is 6.96. The maximum atomic E-state index is 6.11. The molecule has 0 unspecified atom stereocenters. The average molecular weight is 324 g/mol. The molecule has 8 heteroatoms. The smallest absolute Gasteiger partial charge is 0.254 e. The third kappa shape index (κ3) is 2.59. The zero-order valence-electron chi connectivity index (χ0n) is 11.0. The van der Waals surface area contributed by atoms with Crippen LogP contribution in [0, 0.1) is 0 Å². The molecule has 1 aromatic carbocycles. The summed E-state index contributed by atoms with van der Waals surface area (Å²) < 4.78 is 7.39. The van der Waals surface area contributed by atoms with Gasteiger partial charge in [-0.3, -0.25) is 0 Å². The fourth-order valence-corrected chi connectivity index (χ4v) is 2.45. The van der Waals surface area contributed by atoms with Gasteiger partial charge in [-0.05, 0) is 25.1 Å². The summed E-state index contributed by atoms with van der Waals surface area (Å²) in [4.78, 5) is 8.10. The number of aromatic nitrogens is 4. The molecule has 3 aromatic rings. The number of hydrogen-bond donors (Lipinski definition) is 1. The van der Waals surface area contributed by atoms with Gasteiger partial charge in [0.1, 0.15) is 6.10 Å². The number of hydrogen-bond acceptors (Lipinski definition) is 5. The molecule has 0 aliphatic heterocycles. The van der Waals surface area contributed by atoms with Crippen LogP contribution in [0.25, 0.3) is 5.78 Å². The van der Waals surface area contributed by atoms with Gasteiger partial charge in [0, 0.05) is 6.20 Å². The van der Waals surface area contributed by atoms with E-state index in [-0.39, 0.29) is 12.1 Å². The van der Waals surface area contributed by atoms with Crippen molar-refractivity contribution in [1.82, 2.24) is 19.6 Å². The lowest BCUT2D eigenvalue weighted by molar-refractivity contribution is 0.219. The summed E-state index contributed by atoms with van der Waals surface area (Å²) in [6.07, 6.45) is 1.25. The number of nitrogens with zero attached hydrogens (tertiary/aromatic N) is 4. The van der Waals surface area contributed by atoms with Crippen LogP contribution in [0.15, 0.2) is 30.5 Å². The third-order valence-corrected chi connectivity index (χ3v) is 3.51. The predicted octanol–water partition coefficient (Wildman–Crippen LogP) is 3.15. The third-order valence-electron chi connectivity index (χ3n) is 2.92. The molecule has 6 nitrogen and oxygen atoms in total. The molecule has 3 rings (SSSR count). The van der Waals surface area contributed by atoms with Crippen LogP contribution in [0.2, 0.25) is 10.0 Å². The van der Waals surface area contributed by atoms with Crippen LogP contribution in [0.5, 0.6) is 5.75 Å². The van der Waals surface area contributed by atoms with Crippen LogP contribution in [0.4, 0.5) is 5.95 Å². The Kier molecular flexibility index (Phi) is 3.57. The summed E-state index contributed by atoms with van der Waals surface area (Å²) in [5.74, 6) is 0.981. The van der Waals surface area contributed by atoms with Gasteiger partial charge in [-0.2, -0.15) is 9.50 Å². The molecule has 0 fully saturated rings. The van der Waals surface area contributed by atoms with Crippen LogP contribution < -0.4 is 10.5 Å². The van der Waals surface area contributed by atoms with E-state index in [0.29, 0.717) is 21.6 Å². The molecular weight excluding hydrogens is 313 g/mol. The minimum absolute atomic E-state index is 0.151. The van der Waals surface area contributed by atoms with Gasteiger partial charge in [-0.25, -0.2) is 4.98 Å². The Balaban J connectivity index is 1.99. The van der Waals surface area contributed by atoms with Crippen LogP contribution in [-0.4, -0.2) is 19.6 Å². The molecule has 2 aromatic heterocycles. The Morgan fingerprint density at radius 1 is 1.24 bits per heavy atom. The molecule has 0 aliphatic carbocycles. The molecule has 0 saturated carbocycles. The first-order chi connectivity index (χ1) is 10.1. The van der Waals surface area contributed by atoms with Crippen molar-refractivity contribution < 1.29 is 4.74 Å². The van der Waals surface area contributed by atoms with E-state index in [1.165, 1.54) is 4.52 Å². The topological polar surface area (TPSA) is 78.3 Å². The number of fused-ring (bicyclic) bond motifs is 1. The highest BCUT2D eigenvalue weighted by Gasteiger charge is 2.17. The predicted molar refractivity (Wildman–Crippen MR) is 80.7 cm³/mol. The van der Waals surface area contributed by atoms with Crippen molar-refractivity contribution in [3.8, 4) is 5.75 Å². The Morgan fingerprint density at radius 3 is 2.67 bits per heavy atom. The number of nitrogens with two attached hydrogens (primary N) is 1.